The van der Waals surface area contributed by atoms with E-state index in [0.29, 0.717) is 24.9 Å². The number of nitrogens with one attached hydrogen (secondary N) is 2. The van der Waals surface area contributed by atoms with Gasteiger partial charge in [-0.1, -0.05) is 36.4 Å². The van der Waals surface area contributed by atoms with Gasteiger partial charge in [-0.15, -0.1) is 0 Å². The number of carbonyl (C=O) groups excluding carboxylic acids is 2. The molecular weight excluding hydrogens is 490 g/mol. The van der Waals surface area contributed by atoms with Gasteiger partial charge in [-0.25, -0.2) is 5.48 Å². The number of aliphatic hydroxyl groups excluding tert-OH is 1. The first-order chi connectivity index (χ1) is 18.5. The van der Waals surface area contributed by atoms with Crippen LogP contribution in [0.3, 0.4) is 0 Å². The summed E-state index contributed by atoms with van der Waals surface area (Å²) in [5.41, 5.74) is 4.93. The monoisotopic (exact) mass is 527 g/mol. The third kappa shape index (κ3) is 8.32. The van der Waals surface area contributed by atoms with Crippen molar-refractivity contribution in [2.45, 2.75) is 57.2 Å². The lowest BCUT2D eigenvalue weighted by Crippen LogP contribution is -2.44. The Kier molecular flexibility index (Phi) is 10.6. The van der Waals surface area contributed by atoms with E-state index >= 15 is 0 Å². The molecule has 0 bridgehead atoms. The molecule has 38 heavy (non-hydrogen) atoms. The van der Waals surface area contributed by atoms with Gasteiger partial charge in [0.2, 0.25) is 11.8 Å². The number of hydrogen-bond donors (Lipinski definition) is 4. The highest BCUT2D eigenvalue weighted by Crippen LogP contribution is 2.38. The van der Waals surface area contributed by atoms with E-state index in [2.05, 4.69) is 10.2 Å². The molecule has 3 atom stereocenters. The summed E-state index contributed by atoms with van der Waals surface area (Å²) in [5.74, 6) is -0.607. The zero-order valence-corrected chi connectivity index (χ0v) is 21.5. The minimum Gasteiger partial charge on any atom is -0.392 e. The zero-order valence-electron chi connectivity index (χ0n) is 21.5. The molecule has 10 heteroatoms. The number of ether oxygens (including phenoxy) is 3. The van der Waals surface area contributed by atoms with Gasteiger partial charge in [0.25, 0.3) is 0 Å². The minimum atomic E-state index is -0.605. The van der Waals surface area contributed by atoms with E-state index in [1.54, 1.807) is 5.48 Å². The van der Waals surface area contributed by atoms with Gasteiger partial charge in [0.15, 0.2) is 6.29 Å². The molecule has 2 heterocycles. The molecule has 2 aromatic carbocycles. The van der Waals surface area contributed by atoms with Crippen LogP contribution in [0.15, 0.2) is 48.5 Å². The van der Waals surface area contributed by atoms with Crippen LogP contribution in [0.1, 0.15) is 61.2 Å². The fourth-order valence-electron chi connectivity index (χ4n) is 4.72. The fraction of sp³-hybridized carbons (Fsp3) is 0.500. The number of hydrogen-bond acceptors (Lipinski definition) is 8. The van der Waals surface area contributed by atoms with Crippen molar-refractivity contribution in [1.82, 2.24) is 10.4 Å². The predicted molar refractivity (Wildman–Crippen MR) is 139 cm³/mol. The second-order valence-corrected chi connectivity index (χ2v) is 9.68. The highest BCUT2D eigenvalue weighted by Gasteiger charge is 2.33. The number of aliphatic hydroxyl groups is 1. The van der Waals surface area contributed by atoms with Gasteiger partial charge >= 0.3 is 0 Å². The van der Waals surface area contributed by atoms with E-state index in [1.165, 1.54) is 0 Å². The fourth-order valence-corrected chi connectivity index (χ4v) is 4.72. The first-order valence-corrected chi connectivity index (χ1v) is 13.2. The van der Waals surface area contributed by atoms with Gasteiger partial charge in [-0.05, 0) is 36.1 Å². The molecule has 2 saturated heterocycles. The summed E-state index contributed by atoms with van der Waals surface area (Å²) in [6.45, 7) is 3.94. The number of benzene rings is 2. The van der Waals surface area contributed by atoms with Crippen molar-refractivity contribution in [3.63, 3.8) is 0 Å². The lowest BCUT2D eigenvalue weighted by atomic mass is 9.99. The molecule has 4 rings (SSSR count). The number of morpholine rings is 1. The first-order valence-electron chi connectivity index (χ1n) is 13.2. The van der Waals surface area contributed by atoms with Crippen molar-refractivity contribution >= 4 is 17.5 Å². The summed E-state index contributed by atoms with van der Waals surface area (Å²) in [4.78, 5) is 25.9. The maximum atomic E-state index is 12.4. The van der Waals surface area contributed by atoms with Crippen LogP contribution in [0.4, 0.5) is 5.69 Å². The Hall–Kier alpha value is -2.86. The third-order valence-corrected chi connectivity index (χ3v) is 6.81. The highest BCUT2D eigenvalue weighted by molar-refractivity contribution is 5.90. The van der Waals surface area contributed by atoms with Gasteiger partial charge in [0.1, 0.15) is 0 Å². The Morgan fingerprint density at radius 1 is 0.947 bits per heavy atom. The first kappa shape index (κ1) is 28.2. The molecule has 0 aliphatic carbocycles. The standard InChI is InChI=1S/C28H37N3O7/c32-19-20-8-10-21(11-9-20)25-17-24(18-31-12-14-36-15-13-31)37-28(38-25)22-4-3-5-23(16-22)29-26(33)6-1-2-7-27(34)30-35/h3-5,8-11,16,24-25,28,32,35H,1-2,6-7,12-15,17-19H2,(H,29,33)(H,30,34). The largest absolute Gasteiger partial charge is 0.392 e. The molecule has 10 nitrogen and oxygen atoms in total. The lowest BCUT2D eigenvalue weighted by molar-refractivity contribution is -0.253. The Morgan fingerprint density at radius 2 is 1.68 bits per heavy atom. The van der Waals surface area contributed by atoms with Crippen LogP contribution in [0, 0.1) is 0 Å². The van der Waals surface area contributed by atoms with Crippen LogP contribution in [-0.4, -0.2) is 66.0 Å². The van der Waals surface area contributed by atoms with Gasteiger partial charge in [0, 0.05) is 50.1 Å². The molecule has 2 fully saturated rings. The summed E-state index contributed by atoms with van der Waals surface area (Å²) in [7, 11) is 0. The van der Waals surface area contributed by atoms with E-state index in [4.69, 9.17) is 19.4 Å². The van der Waals surface area contributed by atoms with Crippen LogP contribution >= 0.6 is 0 Å². The normalized spacial score (nSPS) is 22.1. The number of nitrogens with zero attached hydrogens (tertiary/aromatic N) is 1. The van der Waals surface area contributed by atoms with Gasteiger partial charge in [0.05, 0.1) is 32.0 Å². The number of carbonyl (C=O) groups is 2. The number of rotatable bonds is 11. The van der Waals surface area contributed by atoms with Crippen molar-refractivity contribution < 1.29 is 34.1 Å². The summed E-state index contributed by atoms with van der Waals surface area (Å²) < 4.78 is 18.3. The average molecular weight is 528 g/mol. The maximum Gasteiger partial charge on any atom is 0.243 e. The molecule has 0 radical (unpaired) electrons. The Morgan fingerprint density at radius 3 is 2.39 bits per heavy atom. The van der Waals surface area contributed by atoms with Crippen LogP contribution in [0.25, 0.3) is 0 Å². The van der Waals surface area contributed by atoms with Crippen molar-refractivity contribution in [2.24, 2.45) is 0 Å². The molecule has 4 N–H and O–H groups in total. The molecular formula is C28H37N3O7. The molecule has 0 aromatic heterocycles. The Balaban J connectivity index is 1.42. The summed E-state index contributed by atoms with van der Waals surface area (Å²) in [5, 5.41) is 20.9. The SMILES string of the molecule is O=C(CCCCC(=O)Nc1cccc(C2OC(CN3CCOCC3)CC(c3ccc(CO)cc3)O2)c1)NO. The van der Waals surface area contributed by atoms with Gasteiger partial charge in [-0.2, -0.15) is 0 Å². The molecule has 0 spiro atoms. The second kappa shape index (κ2) is 14.3. The predicted octanol–water partition coefficient (Wildman–Crippen LogP) is 3.06. The van der Waals surface area contributed by atoms with Gasteiger partial charge in [-0.3, -0.25) is 19.7 Å². The molecule has 2 aromatic rings. The lowest BCUT2D eigenvalue weighted by Gasteiger charge is -2.39. The number of anilines is 1. The van der Waals surface area contributed by atoms with Crippen LogP contribution in [0.5, 0.6) is 0 Å². The van der Waals surface area contributed by atoms with Crippen LogP contribution in [-0.2, 0) is 30.4 Å². The molecule has 0 saturated carbocycles. The van der Waals surface area contributed by atoms with Crippen LogP contribution < -0.4 is 10.8 Å². The maximum absolute atomic E-state index is 12.4. The zero-order chi connectivity index (χ0) is 26.7. The Labute approximate surface area is 222 Å². The van der Waals surface area contributed by atoms with Crippen LogP contribution in [0.2, 0.25) is 0 Å². The molecule has 2 aliphatic rings. The molecule has 3 unspecified atom stereocenters. The number of amides is 2. The highest BCUT2D eigenvalue weighted by atomic mass is 16.7. The summed E-state index contributed by atoms with van der Waals surface area (Å²) >= 11 is 0. The van der Waals surface area contributed by atoms with E-state index in [0.717, 1.165) is 49.5 Å². The molecule has 206 valence electrons. The van der Waals surface area contributed by atoms with E-state index in [9.17, 15) is 14.7 Å². The smallest absolute Gasteiger partial charge is 0.243 e. The summed E-state index contributed by atoms with van der Waals surface area (Å²) in [6.07, 6.45) is 1.36. The summed E-state index contributed by atoms with van der Waals surface area (Å²) in [6, 6.07) is 15.3. The number of hydroxylamine groups is 1. The Bertz CT molecular complexity index is 1040. The molecule has 2 aliphatic heterocycles. The van der Waals surface area contributed by atoms with Crippen molar-refractivity contribution in [3.8, 4) is 0 Å². The average Bonchev–Trinajstić information content (AvgIpc) is 2.95. The van der Waals surface area contributed by atoms with E-state index in [-0.39, 0.29) is 37.6 Å². The van der Waals surface area contributed by atoms with E-state index < -0.39 is 12.2 Å². The minimum absolute atomic E-state index is 0.00625. The quantitative estimate of drug-likeness (QED) is 0.199. The third-order valence-electron chi connectivity index (χ3n) is 6.81. The molecule has 2 amide bonds. The second-order valence-electron chi connectivity index (χ2n) is 9.68. The van der Waals surface area contributed by atoms with E-state index in [1.807, 2.05) is 48.5 Å². The number of unbranched alkanes of at least 4 members (excludes halogenated alkanes) is 1. The van der Waals surface area contributed by atoms with Gasteiger partial charge < -0.3 is 24.6 Å². The van der Waals surface area contributed by atoms with Crippen molar-refractivity contribution in [3.05, 3.63) is 65.2 Å². The topological polar surface area (TPSA) is 130 Å². The van der Waals surface area contributed by atoms with Crippen molar-refractivity contribution in [1.29, 1.82) is 0 Å². The van der Waals surface area contributed by atoms with Crippen molar-refractivity contribution in [2.75, 3.05) is 38.2 Å².